The van der Waals surface area contributed by atoms with Gasteiger partial charge < -0.3 is 9.47 Å². The Bertz CT molecular complexity index is 613. The maximum Gasteiger partial charge on any atom is 0.129 e. The van der Waals surface area contributed by atoms with Gasteiger partial charge in [-0.05, 0) is 35.9 Å². The molecule has 1 aliphatic rings. The molecule has 3 rings (SSSR count). The highest BCUT2D eigenvalue weighted by Gasteiger charge is 2.17. The van der Waals surface area contributed by atoms with Crippen LogP contribution in [-0.4, -0.2) is 6.61 Å². The lowest BCUT2D eigenvalue weighted by Gasteiger charge is -2.11. The fourth-order valence-corrected chi connectivity index (χ4v) is 2.81. The number of fused-ring (bicyclic) bond motifs is 1. The van der Waals surface area contributed by atoms with Crippen molar-refractivity contribution in [1.82, 2.24) is 0 Å². The Hall–Kier alpha value is -1.19. The second-order valence-electron chi connectivity index (χ2n) is 4.40. The molecule has 2 aromatic carbocycles. The van der Waals surface area contributed by atoms with Gasteiger partial charge in [-0.15, -0.1) is 0 Å². The van der Waals surface area contributed by atoms with Crippen molar-refractivity contribution < 1.29 is 9.47 Å². The monoisotopic (exact) mass is 338 g/mol. The van der Waals surface area contributed by atoms with Gasteiger partial charge in [-0.2, -0.15) is 0 Å². The molecule has 0 atom stereocenters. The average Bonchev–Trinajstić information content (AvgIpc) is 2.84. The smallest absolute Gasteiger partial charge is 0.129 e. The van der Waals surface area contributed by atoms with E-state index in [4.69, 9.17) is 21.1 Å². The lowest BCUT2D eigenvalue weighted by Crippen LogP contribution is -1.98. The molecule has 0 aliphatic carbocycles. The normalized spacial score (nSPS) is 12.9. The Labute approximate surface area is 125 Å². The van der Waals surface area contributed by atoms with Crippen LogP contribution in [0.5, 0.6) is 11.5 Å². The van der Waals surface area contributed by atoms with Gasteiger partial charge in [0.1, 0.15) is 18.1 Å². The van der Waals surface area contributed by atoms with E-state index in [9.17, 15) is 0 Å². The van der Waals surface area contributed by atoms with E-state index in [0.717, 1.165) is 39.6 Å². The van der Waals surface area contributed by atoms with Crippen LogP contribution in [0.3, 0.4) is 0 Å². The molecule has 0 amide bonds. The SMILES string of the molecule is Clc1cc2c(c(COc3cccc(Br)c3)c1)OCC2. The van der Waals surface area contributed by atoms with Crippen molar-refractivity contribution in [2.45, 2.75) is 13.0 Å². The molecule has 0 bridgehead atoms. The first-order valence-corrected chi connectivity index (χ1v) is 7.22. The van der Waals surface area contributed by atoms with Crippen LogP contribution in [-0.2, 0) is 13.0 Å². The van der Waals surface area contributed by atoms with Crippen LogP contribution in [0.2, 0.25) is 5.02 Å². The maximum absolute atomic E-state index is 6.12. The lowest BCUT2D eigenvalue weighted by molar-refractivity contribution is 0.292. The van der Waals surface area contributed by atoms with Crippen molar-refractivity contribution in [3.05, 3.63) is 57.0 Å². The minimum atomic E-state index is 0.458. The van der Waals surface area contributed by atoms with Crippen LogP contribution in [0.4, 0.5) is 0 Å². The van der Waals surface area contributed by atoms with Crippen LogP contribution in [0.1, 0.15) is 11.1 Å². The van der Waals surface area contributed by atoms with Crippen LogP contribution < -0.4 is 9.47 Å². The predicted molar refractivity (Wildman–Crippen MR) is 79.1 cm³/mol. The lowest BCUT2D eigenvalue weighted by atomic mass is 10.1. The molecule has 0 fully saturated rings. The zero-order valence-electron chi connectivity index (χ0n) is 10.2. The summed E-state index contributed by atoms with van der Waals surface area (Å²) < 4.78 is 12.4. The molecule has 98 valence electrons. The van der Waals surface area contributed by atoms with Gasteiger partial charge in [0.25, 0.3) is 0 Å². The van der Waals surface area contributed by atoms with Crippen LogP contribution in [0.25, 0.3) is 0 Å². The highest BCUT2D eigenvalue weighted by molar-refractivity contribution is 9.10. The minimum absolute atomic E-state index is 0.458. The fourth-order valence-electron chi connectivity index (χ4n) is 2.17. The second-order valence-corrected chi connectivity index (χ2v) is 5.75. The van der Waals surface area contributed by atoms with Gasteiger partial charge >= 0.3 is 0 Å². The maximum atomic E-state index is 6.12. The molecule has 0 aromatic heterocycles. The third kappa shape index (κ3) is 2.88. The Balaban J connectivity index is 1.81. The first-order chi connectivity index (χ1) is 9.22. The summed E-state index contributed by atoms with van der Waals surface area (Å²) in [5.74, 6) is 1.75. The van der Waals surface area contributed by atoms with Crippen LogP contribution in [0.15, 0.2) is 40.9 Å². The predicted octanol–water partition coefficient (Wildman–Crippen LogP) is 4.62. The van der Waals surface area contributed by atoms with Gasteiger partial charge in [-0.3, -0.25) is 0 Å². The number of benzene rings is 2. The Morgan fingerprint density at radius 2 is 2.16 bits per heavy atom. The highest BCUT2D eigenvalue weighted by atomic mass is 79.9. The van der Waals surface area contributed by atoms with Crippen molar-refractivity contribution in [3.63, 3.8) is 0 Å². The Morgan fingerprint density at radius 3 is 3.00 bits per heavy atom. The second kappa shape index (κ2) is 5.43. The molecule has 19 heavy (non-hydrogen) atoms. The molecular formula is C15H12BrClO2. The van der Waals surface area contributed by atoms with Gasteiger partial charge in [-0.1, -0.05) is 33.6 Å². The number of ether oxygens (including phenoxy) is 2. The molecule has 2 nitrogen and oxygen atoms in total. The van der Waals surface area contributed by atoms with E-state index in [1.165, 1.54) is 5.56 Å². The number of hydrogen-bond donors (Lipinski definition) is 0. The molecule has 0 spiro atoms. The summed E-state index contributed by atoms with van der Waals surface area (Å²) in [4.78, 5) is 0. The van der Waals surface area contributed by atoms with Gasteiger partial charge in [0.05, 0.1) is 6.61 Å². The molecule has 1 heterocycles. The summed E-state index contributed by atoms with van der Waals surface area (Å²) in [7, 11) is 0. The third-order valence-corrected chi connectivity index (χ3v) is 3.73. The van der Waals surface area contributed by atoms with Crippen molar-refractivity contribution in [2.24, 2.45) is 0 Å². The molecule has 4 heteroatoms. The van der Waals surface area contributed by atoms with E-state index in [2.05, 4.69) is 15.9 Å². The van der Waals surface area contributed by atoms with Crippen LogP contribution in [0, 0.1) is 0 Å². The summed E-state index contributed by atoms with van der Waals surface area (Å²) in [6.07, 6.45) is 0.916. The zero-order chi connectivity index (χ0) is 13.2. The molecule has 0 radical (unpaired) electrons. The quantitative estimate of drug-likeness (QED) is 0.812. The summed E-state index contributed by atoms with van der Waals surface area (Å²) in [5.41, 5.74) is 2.17. The highest BCUT2D eigenvalue weighted by Crippen LogP contribution is 2.33. The standard InChI is InChI=1S/C15H12BrClO2/c16-12-2-1-3-14(8-12)19-9-11-7-13(17)6-10-4-5-18-15(10)11/h1-3,6-8H,4-5,9H2. The Kier molecular flexibility index (Phi) is 3.67. The number of hydrogen-bond acceptors (Lipinski definition) is 2. The number of rotatable bonds is 3. The molecule has 0 unspecified atom stereocenters. The largest absolute Gasteiger partial charge is 0.493 e. The van der Waals surface area contributed by atoms with Crippen molar-refractivity contribution in [2.75, 3.05) is 6.61 Å². The van der Waals surface area contributed by atoms with Gasteiger partial charge in [0.15, 0.2) is 0 Å². The van der Waals surface area contributed by atoms with Crippen molar-refractivity contribution in [1.29, 1.82) is 0 Å². The van der Waals surface area contributed by atoms with Crippen molar-refractivity contribution in [3.8, 4) is 11.5 Å². The molecule has 0 saturated heterocycles. The Morgan fingerprint density at radius 1 is 1.26 bits per heavy atom. The molecular weight excluding hydrogens is 328 g/mol. The molecule has 0 saturated carbocycles. The zero-order valence-corrected chi connectivity index (χ0v) is 12.5. The summed E-state index contributed by atoms with van der Waals surface area (Å²) >= 11 is 9.54. The third-order valence-electron chi connectivity index (χ3n) is 3.02. The van der Waals surface area contributed by atoms with E-state index >= 15 is 0 Å². The average molecular weight is 340 g/mol. The first-order valence-electron chi connectivity index (χ1n) is 6.05. The van der Waals surface area contributed by atoms with E-state index in [1.54, 1.807) is 0 Å². The topological polar surface area (TPSA) is 18.5 Å². The van der Waals surface area contributed by atoms with E-state index in [1.807, 2.05) is 36.4 Å². The molecule has 1 aliphatic heterocycles. The van der Waals surface area contributed by atoms with E-state index < -0.39 is 0 Å². The summed E-state index contributed by atoms with van der Waals surface area (Å²) in [6, 6.07) is 11.6. The molecule has 0 N–H and O–H groups in total. The van der Waals surface area contributed by atoms with Gasteiger partial charge in [0, 0.05) is 21.5 Å². The van der Waals surface area contributed by atoms with E-state index in [-0.39, 0.29) is 0 Å². The van der Waals surface area contributed by atoms with E-state index in [0.29, 0.717) is 6.61 Å². The van der Waals surface area contributed by atoms with Crippen LogP contribution >= 0.6 is 27.5 Å². The van der Waals surface area contributed by atoms with Crippen molar-refractivity contribution >= 4 is 27.5 Å². The van der Waals surface area contributed by atoms with Gasteiger partial charge in [0.2, 0.25) is 0 Å². The summed E-state index contributed by atoms with van der Waals surface area (Å²) in [6.45, 7) is 1.18. The number of halogens is 2. The minimum Gasteiger partial charge on any atom is -0.493 e. The first kappa shape index (κ1) is 12.8. The van der Waals surface area contributed by atoms with Gasteiger partial charge in [-0.25, -0.2) is 0 Å². The fraction of sp³-hybridized carbons (Fsp3) is 0.200. The summed E-state index contributed by atoms with van der Waals surface area (Å²) in [5, 5.41) is 0.733. The molecule has 2 aromatic rings.